The molecular formula is C13H16O6. The highest BCUT2D eigenvalue weighted by Gasteiger charge is 2.38. The minimum absolute atomic E-state index is 0.142. The first-order valence-electron chi connectivity index (χ1n) is 6.40. The van der Waals surface area contributed by atoms with Crippen LogP contribution in [0.4, 0.5) is 0 Å². The van der Waals surface area contributed by atoms with Gasteiger partial charge in [0.05, 0.1) is 14.6 Å². The third-order valence-electron chi connectivity index (χ3n) is 2.82. The summed E-state index contributed by atoms with van der Waals surface area (Å²) in [6, 6.07) is 8.82. The molecule has 6 nitrogen and oxygen atoms in total. The van der Waals surface area contributed by atoms with Crippen molar-refractivity contribution in [2.45, 2.75) is 24.6 Å². The molecule has 3 N–H and O–H groups in total. The van der Waals surface area contributed by atoms with Crippen molar-refractivity contribution < 1.29 is 31.0 Å². The molecule has 6 heteroatoms. The van der Waals surface area contributed by atoms with Crippen LogP contribution in [-0.4, -0.2) is 52.6 Å². The zero-order valence-corrected chi connectivity index (χ0v) is 10.0. The molecule has 0 aromatic heterocycles. The fourth-order valence-corrected chi connectivity index (χ4v) is 1.82. The minimum Gasteiger partial charge on any atom is -0.393 e. The van der Waals surface area contributed by atoms with E-state index < -0.39 is 37.0 Å². The highest BCUT2D eigenvalue weighted by molar-refractivity contribution is 5.88. The second-order valence-electron chi connectivity index (χ2n) is 4.20. The third kappa shape index (κ3) is 3.17. The van der Waals surface area contributed by atoms with Crippen molar-refractivity contribution in [3.05, 3.63) is 35.9 Å². The van der Waals surface area contributed by atoms with Crippen molar-refractivity contribution in [3.63, 3.8) is 0 Å². The number of carbonyl (C=O) groups is 1. The molecule has 1 fully saturated rings. The Labute approximate surface area is 111 Å². The molecule has 0 bridgehead atoms. The van der Waals surface area contributed by atoms with E-state index in [0.29, 0.717) is 5.56 Å². The van der Waals surface area contributed by atoms with E-state index in [1.54, 1.807) is 24.3 Å². The maximum atomic E-state index is 11.9. The number of rotatable bonds is 4. The quantitative estimate of drug-likeness (QED) is 0.674. The number of aliphatic hydroxyl groups is 3. The lowest BCUT2D eigenvalue weighted by Crippen LogP contribution is -2.49. The number of ether oxygens (including phenoxy) is 2. The van der Waals surface area contributed by atoms with Crippen molar-refractivity contribution in [3.8, 4) is 0 Å². The van der Waals surface area contributed by atoms with Crippen LogP contribution in [0.15, 0.2) is 30.3 Å². The van der Waals surface area contributed by atoms with E-state index in [-0.39, 0.29) is 6.61 Å². The van der Waals surface area contributed by atoms with Crippen molar-refractivity contribution in [1.82, 2.24) is 0 Å². The summed E-state index contributed by atoms with van der Waals surface area (Å²) in [5, 5.41) is 28.0. The molecule has 0 amide bonds. The van der Waals surface area contributed by atoms with Crippen LogP contribution in [0.2, 0.25) is 0 Å². The molecule has 0 radical (unpaired) electrons. The lowest BCUT2D eigenvalue weighted by Gasteiger charge is -2.33. The summed E-state index contributed by atoms with van der Waals surface area (Å²) < 4.78 is 17.6. The van der Waals surface area contributed by atoms with E-state index in [2.05, 4.69) is 0 Å². The molecule has 1 aromatic rings. The van der Waals surface area contributed by atoms with Gasteiger partial charge < -0.3 is 24.8 Å². The molecule has 1 aliphatic heterocycles. The van der Waals surface area contributed by atoms with Gasteiger partial charge in [0.15, 0.2) is 18.2 Å². The molecule has 0 saturated carbocycles. The second kappa shape index (κ2) is 6.23. The summed E-state index contributed by atoms with van der Waals surface area (Å²) in [6.07, 6.45) is -5.37. The first-order valence-corrected chi connectivity index (χ1v) is 5.83. The Kier molecular flexibility index (Phi) is 4.16. The topological polar surface area (TPSA) is 96.2 Å². The average Bonchev–Trinajstić information content (AvgIpc) is 2.47. The number of hydrogen-bond acceptors (Lipinski definition) is 6. The van der Waals surface area contributed by atoms with Gasteiger partial charge in [-0.1, -0.05) is 30.3 Å². The van der Waals surface area contributed by atoms with Gasteiger partial charge in [-0.05, 0) is 0 Å². The van der Waals surface area contributed by atoms with Crippen molar-refractivity contribution >= 4 is 5.78 Å². The van der Waals surface area contributed by atoms with E-state index in [1.165, 1.54) is 0 Å². The van der Waals surface area contributed by atoms with Gasteiger partial charge in [0.25, 0.3) is 0 Å². The average molecular weight is 269 g/mol. The van der Waals surface area contributed by atoms with Gasteiger partial charge >= 0.3 is 0 Å². The SMILES string of the molecule is [2H]C(O)[C@H](O)C(=O)[C@@H]1OC(c2ccccc2)OC[C@H]1O. The highest BCUT2D eigenvalue weighted by atomic mass is 16.7. The van der Waals surface area contributed by atoms with E-state index in [1.807, 2.05) is 6.07 Å². The number of Topliss-reactive ketones (excluding diaryl/α,β-unsaturated/α-hetero) is 1. The van der Waals surface area contributed by atoms with Crippen molar-refractivity contribution in [2.75, 3.05) is 13.2 Å². The van der Waals surface area contributed by atoms with E-state index in [4.69, 9.17) is 16.0 Å². The first-order chi connectivity index (χ1) is 9.50. The van der Waals surface area contributed by atoms with E-state index in [9.17, 15) is 15.0 Å². The maximum absolute atomic E-state index is 11.9. The number of benzene rings is 1. The van der Waals surface area contributed by atoms with Gasteiger partial charge in [0, 0.05) is 5.56 Å². The van der Waals surface area contributed by atoms with Gasteiger partial charge in [0.2, 0.25) is 0 Å². The Morgan fingerprint density at radius 2 is 2.16 bits per heavy atom. The predicted octanol–water partition coefficient (Wildman–Crippen LogP) is -0.616. The number of aliphatic hydroxyl groups excluding tert-OH is 3. The minimum atomic E-state index is -1.98. The molecule has 19 heavy (non-hydrogen) atoms. The van der Waals surface area contributed by atoms with Gasteiger partial charge in [-0.15, -0.1) is 0 Å². The Hall–Kier alpha value is -1.31. The van der Waals surface area contributed by atoms with Crippen LogP contribution in [0.25, 0.3) is 0 Å². The maximum Gasteiger partial charge on any atom is 0.195 e. The standard InChI is InChI=1S/C13H16O6/c14-6-9(15)11(17)12-10(16)7-18-13(19-12)8-4-2-1-3-5-8/h1-5,9-10,12-16H,6-7H2/t9-,10+,12+,13?/m0/s1/i6D/t6?,9-,10+,12+,13?. The summed E-state index contributed by atoms with van der Waals surface area (Å²) >= 11 is 0. The molecular weight excluding hydrogens is 252 g/mol. The molecule has 1 saturated heterocycles. The largest absolute Gasteiger partial charge is 0.393 e. The van der Waals surface area contributed by atoms with E-state index >= 15 is 0 Å². The Morgan fingerprint density at radius 1 is 1.47 bits per heavy atom. The van der Waals surface area contributed by atoms with Crippen LogP contribution in [-0.2, 0) is 14.3 Å². The molecule has 1 aliphatic rings. The van der Waals surface area contributed by atoms with Crippen LogP contribution in [0.1, 0.15) is 13.2 Å². The van der Waals surface area contributed by atoms with Crippen LogP contribution < -0.4 is 0 Å². The predicted molar refractivity (Wildman–Crippen MR) is 64.1 cm³/mol. The Balaban J connectivity index is 2.11. The Morgan fingerprint density at radius 3 is 2.79 bits per heavy atom. The van der Waals surface area contributed by atoms with Crippen LogP contribution in [0.3, 0.4) is 0 Å². The summed E-state index contributed by atoms with van der Waals surface area (Å²) in [6.45, 7) is -2.12. The number of carbonyl (C=O) groups excluding carboxylic acids is 1. The molecule has 0 spiro atoms. The lowest BCUT2D eigenvalue weighted by molar-refractivity contribution is -0.253. The summed E-state index contributed by atoms with van der Waals surface area (Å²) in [7, 11) is 0. The van der Waals surface area contributed by atoms with Crippen molar-refractivity contribution in [1.29, 1.82) is 0 Å². The zero-order chi connectivity index (χ0) is 14.7. The first kappa shape index (κ1) is 12.7. The smallest absolute Gasteiger partial charge is 0.195 e. The van der Waals surface area contributed by atoms with Crippen LogP contribution in [0, 0.1) is 0 Å². The molecule has 5 atom stereocenters. The summed E-state index contributed by atoms with van der Waals surface area (Å²) in [4.78, 5) is 11.9. The monoisotopic (exact) mass is 269 g/mol. The molecule has 104 valence electrons. The second-order valence-corrected chi connectivity index (χ2v) is 4.20. The molecule has 0 aliphatic carbocycles. The number of ketones is 1. The lowest BCUT2D eigenvalue weighted by atomic mass is 10.0. The molecule has 2 rings (SSSR count). The number of hydrogen-bond donors (Lipinski definition) is 3. The highest BCUT2D eigenvalue weighted by Crippen LogP contribution is 2.27. The van der Waals surface area contributed by atoms with Gasteiger partial charge in [-0.25, -0.2) is 0 Å². The normalized spacial score (nSPS) is 31.3. The van der Waals surface area contributed by atoms with Gasteiger partial charge in [-0.3, -0.25) is 4.79 Å². The fraction of sp³-hybridized carbons (Fsp3) is 0.462. The molecule has 2 unspecified atom stereocenters. The fourth-order valence-electron chi connectivity index (χ4n) is 1.82. The van der Waals surface area contributed by atoms with Crippen LogP contribution >= 0.6 is 0 Å². The van der Waals surface area contributed by atoms with Gasteiger partial charge in [0.1, 0.15) is 12.2 Å². The van der Waals surface area contributed by atoms with Crippen LogP contribution in [0.5, 0.6) is 0 Å². The summed E-state index contributed by atoms with van der Waals surface area (Å²) in [5.74, 6) is -0.941. The summed E-state index contributed by atoms with van der Waals surface area (Å²) in [5.41, 5.74) is 0.665. The molecule has 1 heterocycles. The van der Waals surface area contributed by atoms with Crippen molar-refractivity contribution in [2.24, 2.45) is 0 Å². The van der Waals surface area contributed by atoms with Gasteiger partial charge in [-0.2, -0.15) is 0 Å². The zero-order valence-electron chi connectivity index (χ0n) is 11.0. The third-order valence-corrected chi connectivity index (χ3v) is 2.82. The molecule has 1 aromatic carbocycles. The Bertz CT molecular complexity index is 451. The van der Waals surface area contributed by atoms with E-state index in [0.717, 1.165) is 0 Å².